The van der Waals surface area contributed by atoms with Gasteiger partial charge in [0.1, 0.15) is 0 Å². The Labute approximate surface area is 92.5 Å². The largest absolute Gasteiger partial charge is 0.370 e. The van der Waals surface area contributed by atoms with Gasteiger partial charge in [-0.25, -0.2) is 0 Å². The molecule has 0 saturated heterocycles. The Kier molecular flexibility index (Phi) is 3.11. The predicted molar refractivity (Wildman–Crippen MR) is 63.7 cm³/mol. The fraction of sp³-hybridized carbons (Fsp3) is 0.571. The highest BCUT2D eigenvalue weighted by Crippen LogP contribution is 2.52. The fourth-order valence-electron chi connectivity index (χ4n) is 3.11. The average Bonchev–Trinajstić information content (AvgIpc) is 2.79. The molecule has 1 unspecified atom stereocenters. The van der Waals surface area contributed by atoms with Crippen LogP contribution in [-0.4, -0.2) is 12.2 Å². The summed E-state index contributed by atoms with van der Waals surface area (Å²) in [7, 11) is 0. The predicted octanol–water partition coefficient (Wildman–Crippen LogP) is 3.49. The molecule has 1 nitrogen and oxygen atoms in total. The third kappa shape index (κ3) is 1.69. The van der Waals surface area contributed by atoms with E-state index in [2.05, 4.69) is 25.3 Å². The standard InChI is InChI=1S/C14H20O/c1-3-5-10-14(15-11-4-2)12-6-7-13(14)9-8-12/h3-4,6-7,12-13H,1-2,5,8-11H2/t12-,13+,14?. The van der Waals surface area contributed by atoms with Crippen LogP contribution in [0.5, 0.6) is 0 Å². The van der Waals surface area contributed by atoms with Crippen LogP contribution in [0.3, 0.4) is 0 Å². The van der Waals surface area contributed by atoms with Crippen molar-refractivity contribution in [2.45, 2.75) is 31.3 Å². The van der Waals surface area contributed by atoms with Gasteiger partial charge in [0.05, 0.1) is 12.2 Å². The molecule has 3 atom stereocenters. The minimum absolute atomic E-state index is 0.0718. The van der Waals surface area contributed by atoms with E-state index in [1.54, 1.807) is 0 Å². The number of rotatable bonds is 6. The van der Waals surface area contributed by atoms with Gasteiger partial charge in [0.25, 0.3) is 0 Å². The Bertz CT molecular complexity index is 249. The van der Waals surface area contributed by atoms with E-state index >= 15 is 0 Å². The molecule has 1 fully saturated rings. The number of hydrogen-bond acceptors (Lipinski definition) is 1. The van der Waals surface area contributed by atoms with Crippen LogP contribution < -0.4 is 0 Å². The lowest BCUT2D eigenvalue weighted by Gasteiger charge is -2.34. The summed E-state index contributed by atoms with van der Waals surface area (Å²) in [4.78, 5) is 0. The molecule has 1 heteroatoms. The van der Waals surface area contributed by atoms with E-state index < -0.39 is 0 Å². The van der Waals surface area contributed by atoms with E-state index in [4.69, 9.17) is 4.74 Å². The second kappa shape index (κ2) is 4.36. The zero-order valence-corrected chi connectivity index (χ0v) is 9.32. The summed E-state index contributed by atoms with van der Waals surface area (Å²) in [5.41, 5.74) is 0.0718. The van der Waals surface area contributed by atoms with Crippen molar-refractivity contribution in [1.82, 2.24) is 0 Å². The number of allylic oxidation sites excluding steroid dienone is 1. The molecule has 0 spiro atoms. The van der Waals surface area contributed by atoms with Crippen LogP contribution in [0.15, 0.2) is 37.5 Å². The molecule has 2 rings (SSSR count). The van der Waals surface area contributed by atoms with Gasteiger partial charge in [-0.3, -0.25) is 0 Å². The summed E-state index contributed by atoms with van der Waals surface area (Å²) >= 11 is 0. The van der Waals surface area contributed by atoms with Crippen molar-refractivity contribution in [3.63, 3.8) is 0 Å². The van der Waals surface area contributed by atoms with Gasteiger partial charge >= 0.3 is 0 Å². The Hall–Kier alpha value is -0.820. The first-order chi connectivity index (χ1) is 7.33. The molecule has 0 radical (unpaired) electrons. The molecule has 0 aromatic heterocycles. The van der Waals surface area contributed by atoms with Crippen LogP contribution >= 0.6 is 0 Å². The summed E-state index contributed by atoms with van der Waals surface area (Å²) < 4.78 is 6.10. The summed E-state index contributed by atoms with van der Waals surface area (Å²) in [5, 5.41) is 0. The maximum atomic E-state index is 6.10. The fourth-order valence-corrected chi connectivity index (χ4v) is 3.11. The zero-order valence-electron chi connectivity index (χ0n) is 9.32. The second-order valence-corrected chi connectivity index (χ2v) is 4.56. The highest BCUT2D eigenvalue weighted by molar-refractivity contribution is 5.21. The molecule has 15 heavy (non-hydrogen) atoms. The van der Waals surface area contributed by atoms with Crippen LogP contribution in [0, 0.1) is 11.8 Å². The van der Waals surface area contributed by atoms with Crippen LogP contribution in [0.2, 0.25) is 0 Å². The van der Waals surface area contributed by atoms with E-state index in [1.165, 1.54) is 12.8 Å². The number of fused-ring (bicyclic) bond motifs is 2. The van der Waals surface area contributed by atoms with E-state index in [0.717, 1.165) is 12.8 Å². The minimum atomic E-state index is 0.0718. The lowest BCUT2D eigenvalue weighted by Crippen LogP contribution is -2.38. The molecule has 0 aromatic rings. The van der Waals surface area contributed by atoms with Crippen molar-refractivity contribution < 1.29 is 4.74 Å². The van der Waals surface area contributed by atoms with E-state index in [0.29, 0.717) is 18.4 Å². The van der Waals surface area contributed by atoms with Gasteiger partial charge in [-0.2, -0.15) is 0 Å². The molecule has 2 aliphatic rings. The lowest BCUT2D eigenvalue weighted by atomic mass is 9.85. The van der Waals surface area contributed by atoms with E-state index in [9.17, 15) is 0 Å². The molecule has 82 valence electrons. The van der Waals surface area contributed by atoms with Crippen molar-refractivity contribution in [3.05, 3.63) is 37.5 Å². The number of hydrogen-bond donors (Lipinski definition) is 0. The summed E-state index contributed by atoms with van der Waals surface area (Å²) in [6, 6.07) is 0. The third-order valence-corrected chi connectivity index (χ3v) is 3.83. The maximum Gasteiger partial charge on any atom is 0.0814 e. The van der Waals surface area contributed by atoms with Gasteiger partial charge in [-0.1, -0.05) is 24.3 Å². The van der Waals surface area contributed by atoms with Crippen LogP contribution in [0.4, 0.5) is 0 Å². The van der Waals surface area contributed by atoms with Crippen molar-refractivity contribution in [1.29, 1.82) is 0 Å². The summed E-state index contributed by atoms with van der Waals surface area (Å²) in [6.07, 6.45) is 13.3. The lowest BCUT2D eigenvalue weighted by molar-refractivity contribution is -0.0657. The molecule has 0 heterocycles. The van der Waals surface area contributed by atoms with Crippen molar-refractivity contribution >= 4 is 0 Å². The van der Waals surface area contributed by atoms with Gasteiger partial charge in [-0.15, -0.1) is 13.2 Å². The molecule has 1 saturated carbocycles. The Morgan fingerprint density at radius 3 is 2.33 bits per heavy atom. The van der Waals surface area contributed by atoms with E-state index in [-0.39, 0.29) is 5.60 Å². The van der Waals surface area contributed by atoms with Crippen molar-refractivity contribution in [2.75, 3.05) is 6.61 Å². The first-order valence-electron chi connectivity index (χ1n) is 5.87. The Morgan fingerprint density at radius 2 is 1.87 bits per heavy atom. The molecule has 0 aliphatic heterocycles. The first kappa shape index (κ1) is 10.7. The molecule has 0 amide bonds. The topological polar surface area (TPSA) is 9.23 Å². The summed E-state index contributed by atoms with van der Waals surface area (Å²) in [6.45, 7) is 8.22. The molecule has 2 bridgehead atoms. The second-order valence-electron chi connectivity index (χ2n) is 4.56. The quantitative estimate of drug-likeness (QED) is 0.602. The van der Waals surface area contributed by atoms with Crippen LogP contribution in [0.1, 0.15) is 25.7 Å². The van der Waals surface area contributed by atoms with Crippen LogP contribution in [0.25, 0.3) is 0 Å². The Balaban J connectivity index is 2.09. The van der Waals surface area contributed by atoms with Crippen molar-refractivity contribution in [3.8, 4) is 0 Å². The normalized spacial score (nSPS) is 37.1. The highest BCUT2D eigenvalue weighted by atomic mass is 16.5. The van der Waals surface area contributed by atoms with Gasteiger partial charge in [0, 0.05) is 11.8 Å². The molecule has 0 aromatic carbocycles. The summed E-state index contributed by atoms with van der Waals surface area (Å²) in [5.74, 6) is 1.25. The Morgan fingerprint density at radius 1 is 1.20 bits per heavy atom. The monoisotopic (exact) mass is 204 g/mol. The maximum absolute atomic E-state index is 6.10. The van der Waals surface area contributed by atoms with Crippen molar-refractivity contribution in [2.24, 2.45) is 11.8 Å². The molecular formula is C14H20O. The minimum Gasteiger partial charge on any atom is -0.370 e. The van der Waals surface area contributed by atoms with Gasteiger partial charge < -0.3 is 4.74 Å². The first-order valence-corrected chi connectivity index (χ1v) is 5.87. The number of ether oxygens (including phenoxy) is 1. The smallest absolute Gasteiger partial charge is 0.0814 e. The van der Waals surface area contributed by atoms with Crippen LogP contribution in [-0.2, 0) is 4.74 Å². The van der Waals surface area contributed by atoms with E-state index in [1.807, 2.05) is 12.2 Å². The molecule has 2 aliphatic carbocycles. The average molecular weight is 204 g/mol. The zero-order chi connectivity index (χ0) is 10.7. The highest BCUT2D eigenvalue weighted by Gasteiger charge is 2.51. The molecule has 0 N–H and O–H groups in total. The third-order valence-electron chi connectivity index (χ3n) is 3.83. The van der Waals surface area contributed by atoms with Gasteiger partial charge in [-0.05, 0) is 25.7 Å². The van der Waals surface area contributed by atoms with Gasteiger partial charge in [0.15, 0.2) is 0 Å². The molecular weight excluding hydrogens is 184 g/mol. The SMILES string of the molecule is C=CCCC1(OCC=C)[C@@H]2C=C[C@H]1CC2. The van der Waals surface area contributed by atoms with Gasteiger partial charge in [0.2, 0.25) is 0 Å².